The first-order valence-corrected chi connectivity index (χ1v) is 5.66. The largest absolute Gasteiger partial charge is 0.336 e. The Bertz CT molecular complexity index is 416. The van der Waals surface area contributed by atoms with E-state index in [-0.39, 0.29) is 11.7 Å². The highest BCUT2D eigenvalue weighted by atomic mass is 19.1. The quantitative estimate of drug-likeness (QED) is 0.714. The lowest BCUT2D eigenvalue weighted by atomic mass is 10.1. The number of carbonyl (C=O) groups is 1. The average molecular weight is 221 g/mol. The van der Waals surface area contributed by atoms with Gasteiger partial charge in [-0.1, -0.05) is 0 Å². The van der Waals surface area contributed by atoms with Crippen LogP contribution in [0, 0.1) is 12.7 Å². The molecule has 0 bridgehead atoms. The molecule has 0 aromatic heterocycles. The molecule has 16 heavy (non-hydrogen) atoms. The second-order valence-corrected chi connectivity index (χ2v) is 4.45. The van der Waals surface area contributed by atoms with Crippen molar-refractivity contribution in [2.45, 2.75) is 32.7 Å². The van der Waals surface area contributed by atoms with Gasteiger partial charge in [-0.25, -0.2) is 4.39 Å². The van der Waals surface area contributed by atoms with Crippen LogP contribution in [0.15, 0.2) is 18.2 Å². The minimum atomic E-state index is -0.258. The van der Waals surface area contributed by atoms with Crippen molar-refractivity contribution in [2.24, 2.45) is 0 Å². The lowest BCUT2D eigenvalue weighted by Crippen LogP contribution is -2.33. The van der Waals surface area contributed by atoms with Crippen molar-refractivity contribution < 1.29 is 9.18 Å². The van der Waals surface area contributed by atoms with Gasteiger partial charge in [-0.15, -0.1) is 0 Å². The number of hydrogen-bond donors (Lipinski definition) is 0. The third-order valence-corrected chi connectivity index (χ3v) is 3.22. The SMILES string of the molecule is Cc1cc(C(=O)N2CCCC2C)ccc1F. The van der Waals surface area contributed by atoms with Crippen LogP contribution >= 0.6 is 0 Å². The molecule has 1 aromatic rings. The summed E-state index contributed by atoms with van der Waals surface area (Å²) in [6, 6.07) is 4.86. The number of amides is 1. The van der Waals surface area contributed by atoms with E-state index in [1.54, 1.807) is 19.1 Å². The van der Waals surface area contributed by atoms with Gasteiger partial charge in [0.1, 0.15) is 5.82 Å². The van der Waals surface area contributed by atoms with Gasteiger partial charge >= 0.3 is 0 Å². The standard InChI is InChI=1S/C13H16FNO/c1-9-8-11(5-6-12(9)14)13(16)15-7-3-4-10(15)2/h5-6,8,10H,3-4,7H2,1-2H3. The van der Waals surface area contributed by atoms with E-state index in [0.717, 1.165) is 19.4 Å². The monoisotopic (exact) mass is 221 g/mol. The van der Waals surface area contributed by atoms with Crippen LogP contribution in [-0.2, 0) is 0 Å². The predicted octanol–water partition coefficient (Wildman–Crippen LogP) is 2.76. The number of benzene rings is 1. The Morgan fingerprint density at radius 3 is 2.81 bits per heavy atom. The Morgan fingerprint density at radius 1 is 1.50 bits per heavy atom. The number of carbonyl (C=O) groups excluding carboxylic acids is 1. The maximum Gasteiger partial charge on any atom is 0.254 e. The van der Waals surface area contributed by atoms with Crippen molar-refractivity contribution in [3.05, 3.63) is 35.1 Å². The van der Waals surface area contributed by atoms with E-state index in [0.29, 0.717) is 17.2 Å². The first-order valence-electron chi connectivity index (χ1n) is 5.66. The number of aryl methyl sites for hydroxylation is 1. The molecule has 0 spiro atoms. The van der Waals surface area contributed by atoms with Gasteiger partial charge in [0, 0.05) is 18.2 Å². The highest BCUT2D eigenvalue weighted by Gasteiger charge is 2.25. The molecule has 3 heteroatoms. The van der Waals surface area contributed by atoms with Crippen molar-refractivity contribution in [2.75, 3.05) is 6.54 Å². The molecular formula is C13H16FNO. The van der Waals surface area contributed by atoms with Gasteiger partial charge in [0.2, 0.25) is 0 Å². The summed E-state index contributed by atoms with van der Waals surface area (Å²) in [6.45, 7) is 4.55. The minimum absolute atomic E-state index is 0.0214. The number of rotatable bonds is 1. The van der Waals surface area contributed by atoms with Crippen LogP contribution in [0.25, 0.3) is 0 Å². The first-order chi connectivity index (χ1) is 7.59. The smallest absolute Gasteiger partial charge is 0.254 e. The summed E-state index contributed by atoms with van der Waals surface area (Å²) in [5.74, 6) is -0.237. The fourth-order valence-electron chi connectivity index (χ4n) is 2.18. The lowest BCUT2D eigenvalue weighted by molar-refractivity contribution is 0.0747. The molecule has 2 rings (SSSR count). The van der Waals surface area contributed by atoms with Gasteiger partial charge in [-0.3, -0.25) is 4.79 Å². The van der Waals surface area contributed by atoms with Crippen LogP contribution in [0.1, 0.15) is 35.7 Å². The lowest BCUT2D eigenvalue weighted by Gasteiger charge is -2.21. The Hall–Kier alpha value is -1.38. The number of nitrogens with zero attached hydrogens (tertiary/aromatic N) is 1. The van der Waals surface area contributed by atoms with Gasteiger partial charge in [-0.2, -0.15) is 0 Å². The van der Waals surface area contributed by atoms with Crippen LogP contribution in [0.3, 0.4) is 0 Å². The first kappa shape index (κ1) is 11.1. The predicted molar refractivity (Wildman–Crippen MR) is 60.9 cm³/mol. The molecule has 1 saturated heterocycles. The van der Waals surface area contributed by atoms with Crippen molar-refractivity contribution in [3.8, 4) is 0 Å². The summed E-state index contributed by atoms with van der Waals surface area (Å²) < 4.78 is 13.1. The molecule has 0 aliphatic carbocycles. The molecule has 1 aromatic carbocycles. The average Bonchev–Trinajstić information content (AvgIpc) is 2.67. The van der Waals surface area contributed by atoms with E-state index < -0.39 is 0 Å². The number of halogens is 1. The van der Waals surface area contributed by atoms with Gasteiger partial charge in [0.05, 0.1) is 0 Å². The van der Waals surface area contributed by atoms with Crippen LogP contribution in [0.4, 0.5) is 4.39 Å². The summed E-state index contributed by atoms with van der Waals surface area (Å²) in [5, 5.41) is 0. The van der Waals surface area contributed by atoms with E-state index in [4.69, 9.17) is 0 Å². The number of hydrogen-bond acceptors (Lipinski definition) is 1. The van der Waals surface area contributed by atoms with Crippen LogP contribution in [-0.4, -0.2) is 23.4 Å². The van der Waals surface area contributed by atoms with Gasteiger partial charge in [-0.05, 0) is 50.5 Å². The van der Waals surface area contributed by atoms with Crippen molar-refractivity contribution >= 4 is 5.91 Å². The maximum atomic E-state index is 13.1. The second-order valence-electron chi connectivity index (χ2n) is 4.45. The fourth-order valence-corrected chi connectivity index (χ4v) is 2.18. The maximum absolute atomic E-state index is 13.1. The zero-order valence-corrected chi connectivity index (χ0v) is 9.66. The summed E-state index contributed by atoms with van der Waals surface area (Å²) in [5.41, 5.74) is 1.12. The minimum Gasteiger partial charge on any atom is -0.336 e. The van der Waals surface area contributed by atoms with E-state index in [9.17, 15) is 9.18 Å². The van der Waals surface area contributed by atoms with Gasteiger partial charge < -0.3 is 4.90 Å². The fraction of sp³-hybridized carbons (Fsp3) is 0.462. The molecule has 1 atom stereocenters. The van der Waals surface area contributed by atoms with Crippen LogP contribution < -0.4 is 0 Å². The molecule has 86 valence electrons. The van der Waals surface area contributed by atoms with Gasteiger partial charge in [0.15, 0.2) is 0 Å². The van der Waals surface area contributed by atoms with E-state index >= 15 is 0 Å². The molecule has 1 unspecified atom stereocenters. The molecular weight excluding hydrogens is 205 g/mol. The van der Waals surface area contributed by atoms with Crippen LogP contribution in [0.5, 0.6) is 0 Å². The molecule has 2 nitrogen and oxygen atoms in total. The topological polar surface area (TPSA) is 20.3 Å². The molecule has 1 amide bonds. The summed E-state index contributed by atoms with van der Waals surface area (Å²) in [6.07, 6.45) is 2.12. The van der Waals surface area contributed by atoms with Gasteiger partial charge in [0.25, 0.3) is 5.91 Å². The Balaban J connectivity index is 2.23. The Kier molecular flexibility index (Phi) is 2.95. The molecule has 1 fully saturated rings. The molecule has 1 aliphatic heterocycles. The summed E-state index contributed by atoms with van der Waals surface area (Å²) in [4.78, 5) is 14.0. The zero-order chi connectivity index (χ0) is 11.7. The molecule has 1 heterocycles. The Labute approximate surface area is 95.1 Å². The second kappa shape index (κ2) is 4.24. The summed E-state index contributed by atoms with van der Waals surface area (Å²) >= 11 is 0. The molecule has 1 aliphatic rings. The van der Waals surface area contributed by atoms with E-state index in [1.165, 1.54) is 6.07 Å². The molecule has 0 N–H and O–H groups in total. The zero-order valence-electron chi connectivity index (χ0n) is 9.66. The Morgan fingerprint density at radius 2 is 2.25 bits per heavy atom. The number of likely N-dealkylation sites (tertiary alicyclic amines) is 1. The highest BCUT2D eigenvalue weighted by Crippen LogP contribution is 2.20. The van der Waals surface area contributed by atoms with E-state index in [2.05, 4.69) is 6.92 Å². The van der Waals surface area contributed by atoms with Crippen molar-refractivity contribution in [3.63, 3.8) is 0 Å². The van der Waals surface area contributed by atoms with E-state index in [1.807, 2.05) is 4.90 Å². The highest BCUT2D eigenvalue weighted by molar-refractivity contribution is 5.94. The molecule has 0 saturated carbocycles. The summed E-state index contributed by atoms with van der Waals surface area (Å²) in [7, 11) is 0. The molecule has 0 radical (unpaired) electrons. The third-order valence-electron chi connectivity index (χ3n) is 3.22. The van der Waals surface area contributed by atoms with Crippen LogP contribution in [0.2, 0.25) is 0 Å². The third kappa shape index (κ3) is 1.94. The normalized spacial score (nSPS) is 20.2. The van der Waals surface area contributed by atoms with Crippen molar-refractivity contribution in [1.82, 2.24) is 4.90 Å². The van der Waals surface area contributed by atoms with Crippen molar-refractivity contribution in [1.29, 1.82) is 0 Å².